The molecule has 1 aliphatic rings. The zero-order valence-electron chi connectivity index (χ0n) is 13.4. The second kappa shape index (κ2) is 7.90. The van der Waals surface area contributed by atoms with Crippen molar-refractivity contribution in [2.75, 3.05) is 32.6 Å². The smallest absolute Gasteiger partial charge is 0.221 e. The van der Waals surface area contributed by atoms with Crippen molar-refractivity contribution in [3.05, 3.63) is 35.9 Å². The quantitative estimate of drug-likeness (QED) is 0.769. The number of benzene rings is 1. The normalized spacial score (nSPS) is 17.6. The summed E-state index contributed by atoms with van der Waals surface area (Å²) in [4.78, 5) is 12.0. The van der Waals surface area contributed by atoms with Crippen molar-refractivity contribution in [1.82, 2.24) is 10.0 Å². The Labute approximate surface area is 137 Å². The fourth-order valence-electron chi connectivity index (χ4n) is 2.83. The molecule has 0 atom stereocenters. The SMILES string of the molecule is CS(=O)(=O)NCCC(=O)NCC1(c2ccccc2)CCOCC1. The molecule has 0 bridgehead atoms. The summed E-state index contributed by atoms with van der Waals surface area (Å²) in [5, 5.41) is 2.95. The van der Waals surface area contributed by atoms with Crippen molar-refractivity contribution in [3.8, 4) is 0 Å². The van der Waals surface area contributed by atoms with Gasteiger partial charge in [-0.3, -0.25) is 4.79 Å². The lowest BCUT2D eigenvalue weighted by Crippen LogP contribution is -2.45. The summed E-state index contributed by atoms with van der Waals surface area (Å²) < 4.78 is 29.8. The molecule has 1 heterocycles. The van der Waals surface area contributed by atoms with Crippen LogP contribution in [-0.2, 0) is 25.0 Å². The summed E-state index contributed by atoms with van der Waals surface area (Å²) >= 11 is 0. The average molecular weight is 340 g/mol. The highest BCUT2D eigenvalue weighted by Crippen LogP contribution is 2.34. The summed E-state index contributed by atoms with van der Waals surface area (Å²) in [6.07, 6.45) is 2.93. The van der Waals surface area contributed by atoms with E-state index in [1.807, 2.05) is 18.2 Å². The first-order valence-corrected chi connectivity index (χ1v) is 9.65. The zero-order chi connectivity index (χ0) is 16.8. The molecule has 1 fully saturated rings. The van der Waals surface area contributed by atoms with Gasteiger partial charge in [0.1, 0.15) is 0 Å². The molecule has 0 unspecified atom stereocenters. The van der Waals surface area contributed by atoms with Gasteiger partial charge in [-0.1, -0.05) is 30.3 Å². The maximum absolute atomic E-state index is 12.0. The molecule has 1 aromatic carbocycles. The number of amides is 1. The minimum Gasteiger partial charge on any atom is -0.381 e. The Balaban J connectivity index is 1.93. The third-order valence-corrected chi connectivity index (χ3v) is 4.90. The van der Waals surface area contributed by atoms with Crippen LogP contribution in [0.4, 0.5) is 0 Å². The van der Waals surface area contributed by atoms with E-state index in [0.717, 1.165) is 19.1 Å². The van der Waals surface area contributed by atoms with E-state index >= 15 is 0 Å². The van der Waals surface area contributed by atoms with E-state index in [4.69, 9.17) is 4.74 Å². The molecule has 0 aromatic heterocycles. The molecule has 128 valence electrons. The summed E-state index contributed by atoms with van der Waals surface area (Å²) in [5.41, 5.74) is 1.09. The van der Waals surface area contributed by atoms with Gasteiger partial charge in [0.15, 0.2) is 0 Å². The van der Waals surface area contributed by atoms with Gasteiger partial charge in [-0.25, -0.2) is 13.1 Å². The number of hydrogen-bond donors (Lipinski definition) is 2. The molecule has 6 nitrogen and oxygen atoms in total. The third-order valence-electron chi connectivity index (χ3n) is 4.18. The van der Waals surface area contributed by atoms with Crippen LogP contribution in [0.15, 0.2) is 30.3 Å². The van der Waals surface area contributed by atoms with Crippen LogP contribution < -0.4 is 10.0 Å². The van der Waals surface area contributed by atoms with Crippen LogP contribution in [0.3, 0.4) is 0 Å². The highest BCUT2D eigenvalue weighted by molar-refractivity contribution is 7.88. The zero-order valence-corrected chi connectivity index (χ0v) is 14.2. The first-order valence-electron chi connectivity index (χ1n) is 7.76. The van der Waals surface area contributed by atoms with Gasteiger partial charge in [-0.15, -0.1) is 0 Å². The molecule has 1 saturated heterocycles. The Morgan fingerprint density at radius 2 is 1.87 bits per heavy atom. The minimum atomic E-state index is -3.26. The van der Waals surface area contributed by atoms with Crippen LogP contribution in [0.1, 0.15) is 24.8 Å². The number of sulfonamides is 1. The Hall–Kier alpha value is -1.44. The Morgan fingerprint density at radius 1 is 1.22 bits per heavy atom. The number of ether oxygens (including phenoxy) is 1. The molecule has 7 heteroatoms. The van der Waals surface area contributed by atoms with Gasteiger partial charge >= 0.3 is 0 Å². The molecule has 1 aliphatic heterocycles. The first-order chi connectivity index (χ1) is 10.9. The van der Waals surface area contributed by atoms with Gasteiger partial charge in [0.2, 0.25) is 15.9 Å². The number of nitrogens with one attached hydrogen (secondary N) is 2. The van der Waals surface area contributed by atoms with Crippen LogP contribution in [0.5, 0.6) is 0 Å². The maximum atomic E-state index is 12.0. The number of carbonyl (C=O) groups is 1. The lowest BCUT2D eigenvalue weighted by Gasteiger charge is -2.38. The molecular weight excluding hydrogens is 316 g/mol. The van der Waals surface area contributed by atoms with Crippen LogP contribution in [-0.4, -0.2) is 46.9 Å². The summed E-state index contributed by atoms with van der Waals surface area (Å²) in [5.74, 6) is -0.150. The van der Waals surface area contributed by atoms with E-state index < -0.39 is 10.0 Å². The van der Waals surface area contributed by atoms with Crippen molar-refractivity contribution >= 4 is 15.9 Å². The lowest BCUT2D eigenvalue weighted by atomic mass is 9.74. The highest BCUT2D eigenvalue weighted by atomic mass is 32.2. The van der Waals surface area contributed by atoms with Crippen LogP contribution in [0, 0.1) is 0 Å². The fourth-order valence-corrected chi connectivity index (χ4v) is 3.30. The predicted octanol–water partition coefficient (Wildman–Crippen LogP) is 0.790. The monoisotopic (exact) mass is 340 g/mol. The van der Waals surface area contributed by atoms with Gasteiger partial charge in [-0.2, -0.15) is 0 Å². The maximum Gasteiger partial charge on any atom is 0.221 e. The van der Waals surface area contributed by atoms with Crippen molar-refractivity contribution in [1.29, 1.82) is 0 Å². The first kappa shape index (κ1) is 17.9. The van der Waals surface area contributed by atoms with E-state index in [0.29, 0.717) is 19.8 Å². The summed E-state index contributed by atoms with van der Waals surface area (Å²) in [7, 11) is -3.26. The molecule has 2 N–H and O–H groups in total. The van der Waals surface area contributed by atoms with Gasteiger partial charge in [0.25, 0.3) is 0 Å². The molecule has 0 radical (unpaired) electrons. The molecular formula is C16H24N2O4S. The molecule has 23 heavy (non-hydrogen) atoms. The number of hydrogen-bond acceptors (Lipinski definition) is 4. The fraction of sp³-hybridized carbons (Fsp3) is 0.562. The molecule has 0 aliphatic carbocycles. The van der Waals surface area contributed by atoms with E-state index in [2.05, 4.69) is 22.2 Å². The molecule has 1 aromatic rings. The van der Waals surface area contributed by atoms with Gasteiger partial charge < -0.3 is 10.1 Å². The van der Waals surface area contributed by atoms with Gasteiger partial charge in [0.05, 0.1) is 6.26 Å². The molecule has 0 saturated carbocycles. The van der Waals surface area contributed by atoms with E-state index in [1.54, 1.807) is 0 Å². The largest absolute Gasteiger partial charge is 0.381 e. The van der Waals surface area contributed by atoms with E-state index in [-0.39, 0.29) is 24.3 Å². The van der Waals surface area contributed by atoms with E-state index in [9.17, 15) is 13.2 Å². The number of rotatable bonds is 7. The second-order valence-corrected chi connectivity index (χ2v) is 7.78. The van der Waals surface area contributed by atoms with Crippen molar-refractivity contribution in [2.24, 2.45) is 0 Å². The van der Waals surface area contributed by atoms with Gasteiger partial charge in [0, 0.05) is 38.1 Å². The Morgan fingerprint density at radius 3 is 2.48 bits per heavy atom. The standard InChI is InChI=1S/C16H24N2O4S/c1-23(20,21)18-10-7-15(19)17-13-16(8-11-22-12-9-16)14-5-3-2-4-6-14/h2-6,18H,7-13H2,1H3,(H,17,19). The topological polar surface area (TPSA) is 84.5 Å². The second-order valence-electron chi connectivity index (χ2n) is 5.95. The van der Waals surface area contributed by atoms with Crippen LogP contribution in [0.2, 0.25) is 0 Å². The minimum absolute atomic E-state index is 0.112. The molecule has 0 spiro atoms. The Bertz CT molecular complexity index is 610. The predicted molar refractivity (Wildman–Crippen MR) is 88.6 cm³/mol. The summed E-state index contributed by atoms with van der Waals surface area (Å²) in [6, 6.07) is 10.2. The molecule has 2 rings (SSSR count). The van der Waals surface area contributed by atoms with Crippen LogP contribution >= 0.6 is 0 Å². The van der Waals surface area contributed by atoms with Crippen LogP contribution in [0.25, 0.3) is 0 Å². The van der Waals surface area contributed by atoms with Crippen molar-refractivity contribution in [3.63, 3.8) is 0 Å². The number of carbonyl (C=O) groups excluding carboxylic acids is 1. The molecule has 1 amide bonds. The third kappa shape index (κ3) is 5.60. The lowest BCUT2D eigenvalue weighted by molar-refractivity contribution is -0.121. The highest BCUT2D eigenvalue weighted by Gasteiger charge is 2.34. The van der Waals surface area contributed by atoms with Crippen molar-refractivity contribution in [2.45, 2.75) is 24.7 Å². The van der Waals surface area contributed by atoms with E-state index in [1.165, 1.54) is 5.56 Å². The van der Waals surface area contributed by atoms with Crippen molar-refractivity contribution < 1.29 is 17.9 Å². The summed E-state index contributed by atoms with van der Waals surface area (Å²) in [6.45, 7) is 2.02. The average Bonchev–Trinajstić information content (AvgIpc) is 2.53. The van der Waals surface area contributed by atoms with Gasteiger partial charge in [-0.05, 0) is 18.4 Å². The Kier molecular flexibility index (Phi) is 6.15.